The van der Waals surface area contributed by atoms with Crippen LogP contribution in [0.5, 0.6) is 5.88 Å². The third-order valence-electron chi connectivity index (χ3n) is 4.72. The molecule has 0 bridgehead atoms. The third kappa shape index (κ3) is 3.97. The van der Waals surface area contributed by atoms with Crippen LogP contribution >= 0.6 is 0 Å². The number of carbonyl (C=O) groups is 1. The fraction of sp³-hybridized carbons (Fsp3) is 0.684. The number of amides is 1. The largest absolute Gasteiger partial charge is 0.473 e. The number of likely N-dealkylation sites (tertiary alicyclic amines) is 1. The van der Waals surface area contributed by atoms with Gasteiger partial charge in [-0.2, -0.15) is 4.98 Å². The number of hydrogen-bond donors (Lipinski definition) is 1. The zero-order valence-corrected chi connectivity index (χ0v) is 16.4. The van der Waals surface area contributed by atoms with E-state index in [-0.39, 0.29) is 18.2 Å². The summed E-state index contributed by atoms with van der Waals surface area (Å²) in [6.45, 7) is 12.0. The van der Waals surface area contributed by atoms with Gasteiger partial charge in [0.25, 0.3) is 0 Å². The van der Waals surface area contributed by atoms with Crippen LogP contribution in [0.1, 0.15) is 41.0 Å². The van der Waals surface area contributed by atoms with E-state index < -0.39 is 5.60 Å². The molecule has 0 radical (unpaired) electrons. The molecule has 26 heavy (non-hydrogen) atoms. The van der Waals surface area contributed by atoms with Crippen molar-refractivity contribution in [2.24, 2.45) is 5.92 Å². The summed E-state index contributed by atoms with van der Waals surface area (Å²) in [5.74, 6) is 1.75. The fourth-order valence-corrected chi connectivity index (χ4v) is 3.63. The van der Waals surface area contributed by atoms with Gasteiger partial charge in [-0.25, -0.2) is 4.79 Å². The number of hydrogen-bond acceptors (Lipinski definition) is 6. The Labute approximate surface area is 155 Å². The van der Waals surface area contributed by atoms with Crippen molar-refractivity contribution in [3.8, 4) is 5.88 Å². The predicted octanol–water partition coefficient (Wildman–Crippen LogP) is 2.90. The predicted molar refractivity (Wildman–Crippen MR) is 101 cm³/mol. The number of carbonyl (C=O) groups excluding carboxylic acids is 1. The van der Waals surface area contributed by atoms with Crippen molar-refractivity contribution < 1.29 is 14.3 Å². The lowest BCUT2D eigenvalue weighted by Crippen LogP contribution is -2.42. The lowest BCUT2D eigenvalue weighted by Gasteiger charge is -2.28. The zero-order chi connectivity index (χ0) is 19.1. The van der Waals surface area contributed by atoms with Gasteiger partial charge in [0.2, 0.25) is 5.88 Å². The van der Waals surface area contributed by atoms with Gasteiger partial charge in [0.1, 0.15) is 11.4 Å². The van der Waals surface area contributed by atoms with Crippen LogP contribution in [0.2, 0.25) is 0 Å². The number of nitrogens with zero attached hydrogens (tertiary/aromatic N) is 3. The number of pyridine rings is 1. The second-order valence-electron chi connectivity index (χ2n) is 8.43. The lowest BCUT2D eigenvalue weighted by atomic mass is 10.1. The van der Waals surface area contributed by atoms with E-state index >= 15 is 0 Å². The number of ether oxygens (including phenoxy) is 2. The van der Waals surface area contributed by atoms with Crippen molar-refractivity contribution in [2.45, 2.75) is 58.8 Å². The highest BCUT2D eigenvalue weighted by Gasteiger charge is 2.45. The number of nitrogens with two attached hydrogens (primary N) is 1. The SMILES string of the molecule is CC(C)Oc1nc(N2C[C@@H]3CCN(C(=O)OC(C)(C)C)[C@@H]3C2)ccc1N. The van der Waals surface area contributed by atoms with Gasteiger partial charge in [0, 0.05) is 25.6 Å². The van der Waals surface area contributed by atoms with Gasteiger partial charge in [-0.05, 0) is 53.2 Å². The summed E-state index contributed by atoms with van der Waals surface area (Å²) in [4.78, 5) is 21.2. The second kappa shape index (κ2) is 6.85. The number of anilines is 2. The molecule has 2 fully saturated rings. The molecule has 2 saturated heterocycles. The third-order valence-corrected chi connectivity index (χ3v) is 4.72. The van der Waals surface area contributed by atoms with Crippen LogP contribution in [0.3, 0.4) is 0 Å². The Morgan fingerprint density at radius 2 is 2.04 bits per heavy atom. The highest BCUT2D eigenvalue weighted by atomic mass is 16.6. The Hall–Kier alpha value is -2.18. The molecule has 144 valence electrons. The van der Waals surface area contributed by atoms with Crippen molar-refractivity contribution in [1.29, 1.82) is 0 Å². The molecule has 2 aliphatic rings. The quantitative estimate of drug-likeness (QED) is 0.890. The molecule has 3 heterocycles. The number of nitrogen functional groups attached to an aromatic ring is 1. The van der Waals surface area contributed by atoms with E-state index in [2.05, 4.69) is 9.88 Å². The van der Waals surface area contributed by atoms with Gasteiger partial charge in [-0.15, -0.1) is 0 Å². The standard InChI is InChI=1S/C19H30N4O3/c1-12(2)25-17-14(20)6-7-16(21-17)22-10-13-8-9-23(15(13)11-22)18(24)26-19(3,4)5/h6-7,12-13,15H,8-11,20H2,1-5H3/t13-,15+/m0/s1. The van der Waals surface area contributed by atoms with Gasteiger partial charge in [-0.3, -0.25) is 0 Å². The van der Waals surface area contributed by atoms with Gasteiger partial charge in [0.05, 0.1) is 17.8 Å². The second-order valence-corrected chi connectivity index (χ2v) is 8.43. The first-order valence-electron chi connectivity index (χ1n) is 9.32. The van der Waals surface area contributed by atoms with E-state index in [1.54, 1.807) is 0 Å². The molecule has 7 heteroatoms. The summed E-state index contributed by atoms with van der Waals surface area (Å²) >= 11 is 0. The lowest BCUT2D eigenvalue weighted by molar-refractivity contribution is 0.0229. The van der Waals surface area contributed by atoms with Crippen LogP contribution in [-0.2, 0) is 4.74 Å². The molecule has 3 rings (SSSR count). The maximum atomic E-state index is 12.5. The van der Waals surface area contributed by atoms with E-state index in [1.807, 2.05) is 51.7 Å². The first kappa shape index (κ1) is 18.6. The summed E-state index contributed by atoms with van der Waals surface area (Å²) in [7, 11) is 0. The Kier molecular flexibility index (Phi) is 4.90. The molecule has 1 aromatic heterocycles. The Morgan fingerprint density at radius 3 is 2.69 bits per heavy atom. The molecule has 2 aliphatic heterocycles. The molecule has 7 nitrogen and oxygen atoms in total. The number of aromatic nitrogens is 1. The first-order valence-corrected chi connectivity index (χ1v) is 9.32. The fourth-order valence-electron chi connectivity index (χ4n) is 3.63. The maximum absolute atomic E-state index is 12.5. The normalized spacial score (nSPS) is 22.7. The van der Waals surface area contributed by atoms with Crippen molar-refractivity contribution >= 4 is 17.6 Å². The smallest absolute Gasteiger partial charge is 0.410 e. The molecule has 2 atom stereocenters. The van der Waals surface area contributed by atoms with Crippen molar-refractivity contribution in [3.05, 3.63) is 12.1 Å². The van der Waals surface area contributed by atoms with Crippen LogP contribution in [0.4, 0.5) is 16.3 Å². The molecule has 0 aliphatic carbocycles. The number of fused-ring (bicyclic) bond motifs is 1. The molecule has 0 aromatic carbocycles. The topological polar surface area (TPSA) is 80.9 Å². The van der Waals surface area contributed by atoms with Crippen LogP contribution in [0.15, 0.2) is 12.1 Å². The van der Waals surface area contributed by atoms with Crippen LogP contribution < -0.4 is 15.4 Å². The summed E-state index contributed by atoms with van der Waals surface area (Å²) in [5.41, 5.74) is 6.04. The molecule has 0 unspecified atom stereocenters. The first-order chi connectivity index (χ1) is 12.1. The van der Waals surface area contributed by atoms with E-state index in [9.17, 15) is 4.79 Å². The average Bonchev–Trinajstić information content (AvgIpc) is 3.07. The van der Waals surface area contributed by atoms with Crippen molar-refractivity contribution in [3.63, 3.8) is 0 Å². The monoisotopic (exact) mass is 362 g/mol. The molecule has 0 saturated carbocycles. The molecular weight excluding hydrogens is 332 g/mol. The number of rotatable bonds is 3. The molecular formula is C19H30N4O3. The molecule has 2 N–H and O–H groups in total. The molecule has 0 spiro atoms. The van der Waals surface area contributed by atoms with Gasteiger partial charge in [0.15, 0.2) is 0 Å². The average molecular weight is 362 g/mol. The maximum Gasteiger partial charge on any atom is 0.410 e. The van der Waals surface area contributed by atoms with E-state index in [4.69, 9.17) is 15.2 Å². The van der Waals surface area contributed by atoms with Crippen LogP contribution in [0.25, 0.3) is 0 Å². The van der Waals surface area contributed by atoms with Crippen LogP contribution in [0, 0.1) is 5.92 Å². The van der Waals surface area contributed by atoms with E-state index in [0.29, 0.717) is 17.5 Å². The highest BCUT2D eigenvalue weighted by Crippen LogP contribution is 2.35. The van der Waals surface area contributed by atoms with Crippen LogP contribution in [-0.4, -0.2) is 53.4 Å². The molecule has 1 aromatic rings. The minimum absolute atomic E-state index is 0.0145. The Balaban J connectivity index is 1.71. The van der Waals surface area contributed by atoms with Crippen molar-refractivity contribution in [2.75, 3.05) is 30.3 Å². The Morgan fingerprint density at radius 1 is 1.31 bits per heavy atom. The van der Waals surface area contributed by atoms with E-state index in [1.165, 1.54) is 0 Å². The minimum atomic E-state index is -0.477. The summed E-state index contributed by atoms with van der Waals surface area (Å²) < 4.78 is 11.3. The Bertz CT molecular complexity index is 671. The van der Waals surface area contributed by atoms with E-state index in [0.717, 1.165) is 31.9 Å². The summed E-state index contributed by atoms with van der Waals surface area (Å²) in [6, 6.07) is 3.92. The zero-order valence-electron chi connectivity index (χ0n) is 16.4. The summed E-state index contributed by atoms with van der Waals surface area (Å²) in [6.07, 6.45) is 0.784. The van der Waals surface area contributed by atoms with Gasteiger partial charge >= 0.3 is 6.09 Å². The van der Waals surface area contributed by atoms with Gasteiger partial charge < -0.3 is 25.0 Å². The summed E-state index contributed by atoms with van der Waals surface area (Å²) in [5, 5.41) is 0. The highest BCUT2D eigenvalue weighted by molar-refractivity contribution is 5.69. The molecule has 1 amide bonds. The van der Waals surface area contributed by atoms with Gasteiger partial charge in [-0.1, -0.05) is 0 Å². The minimum Gasteiger partial charge on any atom is -0.473 e. The van der Waals surface area contributed by atoms with Crippen molar-refractivity contribution in [1.82, 2.24) is 9.88 Å².